The molecule has 3 aromatic rings. The Morgan fingerprint density at radius 3 is 2.36 bits per heavy atom. The van der Waals surface area contributed by atoms with Crippen LogP contribution in [-0.2, 0) is 4.79 Å². The highest BCUT2D eigenvalue weighted by atomic mass is 35.5. The molecule has 3 aromatic carbocycles. The van der Waals surface area contributed by atoms with E-state index in [9.17, 15) is 4.79 Å². The largest absolute Gasteiger partial charge is 0.484 e. The van der Waals surface area contributed by atoms with Crippen molar-refractivity contribution in [3.8, 4) is 17.2 Å². The van der Waals surface area contributed by atoms with Crippen molar-refractivity contribution in [3.63, 3.8) is 0 Å². The maximum Gasteiger partial charge on any atom is 0.262 e. The van der Waals surface area contributed by atoms with Crippen LogP contribution in [0, 0.1) is 0 Å². The Balaban J connectivity index is 1.30. The molecule has 1 heterocycles. The first-order valence-electron chi connectivity index (χ1n) is 8.61. The van der Waals surface area contributed by atoms with Crippen LogP contribution in [0.3, 0.4) is 0 Å². The van der Waals surface area contributed by atoms with Gasteiger partial charge in [0.15, 0.2) is 18.1 Å². The average Bonchev–Trinajstić information content (AvgIpc) is 3.17. The second kappa shape index (κ2) is 8.10. The smallest absolute Gasteiger partial charge is 0.262 e. The number of carbonyl (C=O) groups excluding carboxylic acids is 1. The Bertz CT molecular complexity index is 975. The number of amides is 1. The number of rotatable bonds is 6. The first-order chi connectivity index (χ1) is 13.7. The van der Waals surface area contributed by atoms with Crippen molar-refractivity contribution < 1.29 is 19.0 Å². The lowest BCUT2D eigenvalue weighted by molar-refractivity contribution is -0.118. The highest BCUT2D eigenvalue weighted by molar-refractivity contribution is 6.30. The number of ether oxygens (including phenoxy) is 3. The molecule has 142 valence electrons. The molecule has 0 aromatic heterocycles. The molecule has 0 bridgehead atoms. The average molecular weight is 397 g/mol. The Morgan fingerprint density at radius 2 is 1.57 bits per heavy atom. The number of carbonyl (C=O) groups is 1. The topological polar surface area (TPSA) is 68.8 Å². The van der Waals surface area contributed by atoms with Crippen LogP contribution in [0.2, 0.25) is 5.02 Å². The van der Waals surface area contributed by atoms with Gasteiger partial charge in [-0.2, -0.15) is 0 Å². The van der Waals surface area contributed by atoms with E-state index in [2.05, 4.69) is 10.6 Å². The summed E-state index contributed by atoms with van der Waals surface area (Å²) in [6.07, 6.45) is 0. The van der Waals surface area contributed by atoms with Crippen molar-refractivity contribution in [2.75, 3.05) is 24.0 Å². The van der Waals surface area contributed by atoms with Crippen LogP contribution >= 0.6 is 11.6 Å². The summed E-state index contributed by atoms with van der Waals surface area (Å²) in [6, 6.07) is 19.9. The molecule has 0 atom stereocenters. The van der Waals surface area contributed by atoms with Crippen LogP contribution in [0.25, 0.3) is 0 Å². The van der Waals surface area contributed by atoms with E-state index in [4.69, 9.17) is 25.8 Å². The van der Waals surface area contributed by atoms with Crippen molar-refractivity contribution in [2.24, 2.45) is 0 Å². The van der Waals surface area contributed by atoms with Gasteiger partial charge in [0.05, 0.1) is 0 Å². The minimum absolute atomic E-state index is 0.0845. The van der Waals surface area contributed by atoms with Gasteiger partial charge in [0, 0.05) is 28.2 Å². The maximum atomic E-state index is 12.0. The number of fused-ring (bicyclic) bond motifs is 1. The lowest BCUT2D eigenvalue weighted by Gasteiger charge is -2.10. The quantitative estimate of drug-likeness (QED) is 0.624. The highest BCUT2D eigenvalue weighted by Crippen LogP contribution is 2.35. The third kappa shape index (κ3) is 4.47. The Hall–Kier alpha value is -3.38. The lowest BCUT2D eigenvalue weighted by atomic mass is 10.2. The summed E-state index contributed by atoms with van der Waals surface area (Å²) in [6.45, 7) is 0.160. The molecule has 1 aliphatic rings. The zero-order chi connectivity index (χ0) is 19.3. The van der Waals surface area contributed by atoms with E-state index in [1.54, 1.807) is 24.3 Å². The summed E-state index contributed by atoms with van der Waals surface area (Å²) in [5, 5.41) is 6.69. The zero-order valence-corrected chi connectivity index (χ0v) is 15.5. The molecule has 28 heavy (non-hydrogen) atoms. The molecule has 1 amide bonds. The first-order valence-corrected chi connectivity index (χ1v) is 8.98. The molecule has 0 aliphatic carbocycles. The maximum absolute atomic E-state index is 12.0. The summed E-state index contributed by atoms with van der Waals surface area (Å²) in [7, 11) is 0. The van der Waals surface area contributed by atoms with E-state index in [0.717, 1.165) is 22.9 Å². The second-order valence-corrected chi connectivity index (χ2v) is 6.50. The zero-order valence-electron chi connectivity index (χ0n) is 14.8. The van der Waals surface area contributed by atoms with Gasteiger partial charge in [-0.15, -0.1) is 0 Å². The van der Waals surface area contributed by atoms with E-state index in [1.165, 1.54) is 0 Å². The van der Waals surface area contributed by atoms with Crippen LogP contribution in [0.15, 0.2) is 66.7 Å². The monoisotopic (exact) mass is 396 g/mol. The van der Waals surface area contributed by atoms with Crippen LogP contribution in [0.5, 0.6) is 17.2 Å². The summed E-state index contributed by atoms with van der Waals surface area (Å²) < 4.78 is 16.1. The molecule has 0 saturated heterocycles. The van der Waals surface area contributed by atoms with Crippen molar-refractivity contribution >= 4 is 34.6 Å². The van der Waals surface area contributed by atoms with Crippen LogP contribution in [-0.4, -0.2) is 19.3 Å². The minimum Gasteiger partial charge on any atom is -0.484 e. The molecule has 6 nitrogen and oxygen atoms in total. The van der Waals surface area contributed by atoms with Crippen molar-refractivity contribution in [1.29, 1.82) is 0 Å². The normalized spacial score (nSPS) is 11.8. The van der Waals surface area contributed by atoms with Gasteiger partial charge in [-0.1, -0.05) is 11.6 Å². The third-order valence-electron chi connectivity index (χ3n) is 4.01. The molecule has 7 heteroatoms. The molecule has 2 N–H and O–H groups in total. The molecule has 0 unspecified atom stereocenters. The lowest BCUT2D eigenvalue weighted by Crippen LogP contribution is -2.20. The number of benzene rings is 3. The predicted molar refractivity (Wildman–Crippen MR) is 108 cm³/mol. The number of anilines is 3. The van der Waals surface area contributed by atoms with Crippen LogP contribution in [0.1, 0.15) is 0 Å². The van der Waals surface area contributed by atoms with E-state index in [0.29, 0.717) is 16.5 Å². The molecule has 1 aliphatic heterocycles. The molecular formula is C21H17ClN2O4. The van der Waals surface area contributed by atoms with Gasteiger partial charge in [0.25, 0.3) is 5.91 Å². The van der Waals surface area contributed by atoms with Crippen molar-refractivity contribution in [3.05, 3.63) is 71.8 Å². The van der Waals surface area contributed by atoms with Gasteiger partial charge in [-0.3, -0.25) is 4.79 Å². The Kier molecular flexibility index (Phi) is 5.21. The summed E-state index contributed by atoms with van der Waals surface area (Å²) in [4.78, 5) is 12.0. The van der Waals surface area contributed by atoms with E-state index < -0.39 is 0 Å². The molecular weight excluding hydrogens is 380 g/mol. The number of hydrogen-bond donors (Lipinski definition) is 2. The van der Waals surface area contributed by atoms with Crippen LogP contribution in [0.4, 0.5) is 17.1 Å². The van der Waals surface area contributed by atoms with E-state index in [1.807, 2.05) is 42.5 Å². The minimum atomic E-state index is -0.244. The number of halogens is 1. The van der Waals surface area contributed by atoms with Gasteiger partial charge < -0.3 is 24.8 Å². The van der Waals surface area contributed by atoms with Gasteiger partial charge in [-0.25, -0.2) is 0 Å². The molecule has 0 fully saturated rings. The van der Waals surface area contributed by atoms with Crippen LogP contribution < -0.4 is 24.8 Å². The summed E-state index contributed by atoms with van der Waals surface area (Å²) >= 11 is 5.82. The standard InChI is InChI=1S/C21H17ClN2O4/c22-14-1-8-18(9-2-14)26-12-21(25)24-16-5-3-15(4-6-16)23-17-7-10-19-20(11-17)28-13-27-19/h1-11,23H,12-13H2,(H,24,25). The van der Waals surface area contributed by atoms with Gasteiger partial charge >= 0.3 is 0 Å². The predicted octanol–water partition coefficient (Wildman–Crippen LogP) is 4.83. The molecule has 4 rings (SSSR count). The Morgan fingerprint density at radius 1 is 0.893 bits per heavy atom. The molecule has 0 spiro atoms. The summed E-state index contributed by atoms with van der Waals surface area (Å²) in [5.74, 6) is 1.80. The van der Waals surface area contributed by atoms with E-state index in [-0.39, 0.29) is 19.3 Å². The fraction of sp³-hybridized carbons (Fsp3) is 0.0952. The SMILES string of the molecule is O=C(COc1ccc(Cl)cc1)Nc1ccc(Nc2ccc3c(c2)OCO3)cc1. The van der Waals surface area contributed by atoms with Gasteiger partial charge in [-0.05, 0) is 60.7 Å². The van der Waals surface area contributed by atoms with Crippen molar-refractivity contribution in [1.82, 2.24) is 0 Å². The number of nitrogens with one attached hydrogen (secondary N) is 2. The highest BCUT2D eigenvalue weighted by Gasteiger charge is 2.13. The third-order valence-corrected chi connectivity index (χ3v) is 4.27. The fourth-order valence-electron chi connectivity index (χ4n) is 2.65. The first kappa shape index (κ1) is 18.0. The van der Waals surface area contributed by atoms with Gasteiger partial charge in [0.1, 0.15) is 5.75 Å². The molecule has 0 radical (unpaired) electrons. The fourth-order valence-corrected chi connectivity index (χ4v) is 2.78. The van der Waals surface area contributed by atoms with E-state index >= 15 is 0 Å². The molecule has 0 saturated carbocycles. The summed E-state index contributed by atoms with van der Waals surface area (Å²) in [5.41, 5.74) is 2.45. The Labute approximate surface area is 167 Å². The van der Waals surface area contributed by atoms with Crippen molar-refractivity contribution in [2.45, 2.75) is 0 Å². The van der Waals surface area contributed by atoms with Gasteiger partial charge in [0.2, 0.25) is 6.79 Å². The second-order valence-electron chi connectivity index (χ2n) is 6.06. The number of hydrogen-bond acceptors (Lipinski definition) is 5.